The van der Waals surface area contributed by atoms with Crippen molar-refractivity contribution < 1.29 is 78.9 Å². The second kappa shape index (κ2) is 13.9. The average Bonchev–Trinajstić information content (AvgIpc) is 2.90. The van der Waals surface area contributed by atoms with Crippen LogP contribution in [0.2, 0.25) is 0 Å². The number of aliphatic hydroxyl groups is 7. The maximum atomic E-state index is 12.2. The van der Waals surface area contributed by atoms with Crippen LogP contribution < -0.4 is 10.6 Å². The van der Waals surface area contributed by atoms with Crippen molar-refractivity contribution in [3.8, 4) is 0 Å². The highest BCUT2D eigenvalue weighted by atomic mass is 16.7. The summed E-state index contributed by atoms with van der Waals surface area (Å²) in [7, 11) is 0. The molecule has 15 atom stereocenters. The summed E-state index contributed by atoms with van der Waals surface area (Å²) in [5, 5.41) is 86.9. The van der Waals surface area contributed by atoms with E-state index in [0.29, 0.717) is 0 Å². The number of carbonyl (C=O) groups excluding carboxylic acids is 2. The lowest BCUT2D eigenvalue weighted by molar-refractivity contribution is -0.354. The smallest absolute Gasteiger partial charge is 0.335 e. The number of rotatable bonds is 9. The molecule has 3 saturated heterocycles. The summed E-state index contributed by atoms with van der Waals surface area (Å²) >= 11 is 0. The normalized spacial score (nSPS) is 45.1. The lowest BCUT2D eigenvalue weighted by Crippen LogP contribution is -2.69. The minimum atomic E-state index is -2.07. The topological polar surface area (TPSA) is 283 Å². The quantitative estimate of drug-likeness (QED) is 0.118. The number of ether oxygens (including phenoxy) is 5. The summed E-state index contributed by atoms with van der Waals surface area (Å²) in [6.45, 7) is 2.34. The van der Waals surface area contributed by atoms with E-state index in [1.165, 1.54) is 13.8 Å². The van der Waals surface area contributed by atoms with Gasteiger partial charge in [0.2, 0.25) is 11.8 Å². The molecular weight excluding hydrogens is 560 g/mol. The molecule has 236 valence electrons. The third kappa shape index (κ3) is 7.29. The number of carbonyl (C=O) groups is 3. The van der Waals surface area contributed by atoms with Crippen molar-refractivity contribution in [2.75, 3.05) is 13.2 Å². The van der Waals surface area contributed by atoms with E-state index in [9.17, 15) is 55.2 Å². The molecule has 0 radical (unpaired) electrons. The fourth-order valence-electron chi connectivity index (χ4n) is 5.08. The zero-order valence-corrected chi connectivity index (χ0v) is 22.4. The summed E-state index contributed by atoms with van der Waals surface area (Å²) in [4.78, 5) is 35.6. The van der Waals surface area contributed by atoms with Gasteiger partial charge < -0.3 is 75.2 Å². The summed E-state index contributed by atoms with van der Waals surface area (Å²) in [5.74, 6) is -2.93. The van der Waals surface area contributed by atoms with Crippen molar-refractivity contribution in [3.63, 3.8) is 0 Å². The summed E-state index contributed by atoms with van der Waals surface area (Å²) < 4.78 is 27.6. The lowest BCUT2D eigenvalue weighted by Gasteiger charge is -2.48. The van der Waals surface area contributed by atoms with Crippen LogP contribution in [0.25, 0.3) is 0 Å². The van der Waals surface area contributed by atoms with Gasteiger partial charge in [0, 0.05) is 13.8 Å². The molecule has 18 heteroatoms. The number of aliphatic carboxylic acids is 1. The first-order valence-corrected chi connectivity index (χ1v) is 12.9. The molecule has 18 nitrogen and oxygen atoms in total. The van der Waals surface area contributed by atoms with Gasteiger partial charge >= 0.3 is 5.97 Å². The molecular formula is C23H38N2O16. The predicted octanol–water partition coefficient (Wildman–Crippen LogP) is -6.12. The van der Waals surface area contributed by atoms with E-state index in [1.807, 2.05) is 0 Å². The maximum Gasteiger partial charge on any atom is 0.335 e. The van der Waals surface area contributed by atoms with Crippen molar-refractivity contribution in [1.29, 1.82) is 0 Å². The fraction of sp³-hybridized carbons (Fsp3) is 0.870. The van der Waals surface area contributed by atoms with Crippen LogP contribution in [0.1, 0.15) is 20.8 Å². The highest BCUT2D eigenvalue weighted by molar-refractivity contribution is 5.74. The Morgan fingerprint density at radius 3 is 1.76 bits per heavy atom. The van der Waals surface area contributed by atoms with Crippen molar-refractivity contribution in [2.45, 2.75) is 113 Å². The zero-order valence-electron chi connectivity index (χ0n) is 22.4. The third-order valence-corrected chi connectivity index (χ3v) is 7.14. The summed E-state index contributed by atoms with van der Waals surface area (Å²) in [6, 6.07) is -2.54. The number of carboxylic acids is 1. The minimum Gasteiger partial charge on any atom is -0.479 e. The first kappa shape index (κ1) is 33.4. The Morgan fingerprint density at radius 2 is 1.22 bits per heavy atom. The van der Waals surface area contributed by atoms with Gasteiger partial charge in [0.25, 0.3) is 0 Å². The molecule has 2 amide bonds. The van der Waals surface area contributed by atoms with E-state index in [0.717, 1.165) is 6.92 Å². The van der Waals surface area contributed by atoms with E-state index in [4.69, 9.17) is 23.7 Å². The van der Waals surface area contributed by atoms with Crippen LogP contribution in [0.15, 0.2) is 0 Å². The molecule has 0 aromatic rings. The maximum absolute atomic E-state index is 12.2. The highest BCUT2D eigenvalue weighted by Gasteiger charge is 2.55. The van der Waals surface area contributed by atoms with Gasteiger partial charge in [-0.25, -0.2) is 4.79 Å². The molecule has 3 heterocycles. The highest BCUT2D eigenvalue weighted by Crippen LogP contribution is 2.32. The molecule has 0 aromatic carbocycles. The van der Waals surface area contributed by atoms with Gasteiger partial charge in [-0.1, -0.05) is 0 Å². The van der Waals surface area contributed by atoms with Crippen molar-refractivity contribution >= 4 is 17.8 Å². The van der Waals surface area contributed by atoms with Gasteiger partial charge in [0.15, 0.2) is 18.7 Å². The minimum absolute atomic E-state index is 0.537. The van der Waals surface area contributed by atoms with Gasteiger partial charge in [0.1, 0.15) is 61.0 Å². The largest absolute Gasteiger partial charge is 0.479 e. The van der Waals surface area contributed by atoms with E-state index < -0.39 is 123 Å². The lowest BCUT2D eigenvalue weighted by atomic mass is 9.92. The molecule has 41 heavy (non-hydrogen) atoms. The predicted molar refractivity (Wildman–Crippen MR) is 128 cm³/mol. The zero-order chi connectivity index (χ0) is 30.8. The number of carboxylic acid groups (broad SMARTS) is 1. The van der Waals surface area contributed by atoms with Crippen LogP contribution in [-0.2, 0) is 38.1 Å². The molecule has 3 rings (SSSR count). The first-order valence-electron chi connectivity index (χ1n) is 12.9. The van der Waals surface area contributed by atoms with Crippen LogP contribution in [0.4, 0.5) is 0 Å². The monoisotopic (exact) mass is 598 g/mol. The molecule has 10 N–H and O–H groups in total. The Balaban J connectivity index is 1.86. The van der Waals surface area contributed by atoms with Gasteiger partial charge in [0.05, 0.1) is 25.4 Å². The van der Waals surface area contributed by atoms with Crippen LogP contribution >= 0.6 is 0 Å². The van der Waals surface area contributed by atoms with E-state index in [2.05, 4.69) is 10.6 Å². The summed E-state index contributed by atoms with van der Waals surface area (Å²) in [5.41, 5.74) is 0. The Morgan fingerprint density at radius 1 is 0.683 bits per heavy atom. The summed E-state index contributed by atoms with van der Waals surface area (Å²) in [6.07, 6.45) is -21.6. The molecule has 0 aromatic heterocycles. The van der Waals surface area contributed by atoms with Crippen molar-refractivity contribution in [2.24, 2.45) is 0 Å². The van der Waals surface area contributed by atoms with E-state index in [-0.39, 0.29) is 0 Å². The Labute approximate surface area is 233 Å². The number of amides is 2. The molecule has 0 saturated carbocycles. The standard InChI is InChI=1S/C23H38N2O16/c1-6-11(24-7(2)28)18(14(31)10(5-27)37-6)39-23-17(34)16(33)19(20(41-23)21(35)36)40-22-12(25-8(3)29)15(32)13(30)9(4-26)38-22/h6,9-20,22-23,26-27,30-34H,4-5H2,1-3H3,(H,24,28)(H,25,29)(H,35,36)/t6-,9?,10?,11?,12?,13+,14+,15+,16+,17?,18+,19-,20?,22-,23+/m0/s1. The van der Waals surface area contributed by atoms with Crippen LogP contribution in [-0.4, -0.2) is 164 Å². The van der Waals surface area contributed by atoms with Crippen LogP contribution in [0.5, 0.6) is 0 Å². The van der Waals surface area contributed by atoms with E-state index >= 15 is 0 Å². The van der Waals surface area contributed by atoms with Gasteiger partial charge in [-0.05, 0) is 6.92 Å². The van der Waals surface area contributed by atoms with Crippen LogP contribution in [0, 0.1) is 0 Å². The fourth-order valence-corrected chi connectivity index (χ4v) is 5.08. The SMILES string of the molecule is CC(=O)NC1[C@H](O[C@@H]2C(C(=O)O)O[C@@H](O[C@@H]3C(NC(C)=O)[C@H](C)OC(CO)[C@H]3O)C(O)[C@H]2O)OC(CO)[C@@H](O)[C@@H]1O. The molecule has 0 spiro atoms. The van der Waals surface area contributed by atoms with Gasteiger partial charge in [-0.2, -0.15) is 0 Å². The Kier molecular flexibility index (Phi) is 11.4. The number of hydrogen-bond acceptors (Lipinski definition) is 15. The number of hydrogen-bond donors (Lipinski definition) is 10. The van der Waals surface area contributed by atoms with Crippen molar-refractivity contribution in [1.82, 2.24) is 10.6 Å². The molecule has 3 aliphatic rings. The van der Waals surface area contributed by atoms with Crippen molar-refractivity contribution in [3.05, 3.63) is 0 Å². The Bertz CT molecular complexity index is 926. The average molecular weight is 599 g/mol. The molecule has 0 aliphatic carbocycles. The van der Waals surface area contributed by atoms with Crippen LogP contribution in [0.3, 0.4) is 0 Å². The van der Waals surface area contributed by atoms with Gasteiger partial charge in [-0.15, -0.1) is 0 Å². The number of aliphatic hydroxyl groups excluding tert-OH is 7. The second-order valence-electron chi connectivity index (χ2n) is 10.2. The Hall–Kier alpha value is -2.07. The molecule has 3 aliphatic heterocycles. The second-order valence-corrected chi connectivity index (χ2v) is 10.2. The third-order valence-electron chi connectivity index (χ3n) is 7.14. The van der Waals surface area contributed by atoms with E-state index in [1.54, 1.807) is 0 Å². The molecule has 3 fully saturated rings. The first-order chi connectivity index (χ1) is 19.2. The molecule has 6 unspecified atom stereocenters. The molecule has 0 bridgehead atoms. The van der Waals surface area contributed by atoms with Gasteiger partial charge in [-0.3, -0.25) is 9.59 Å². The number of nitrogens with one attached hydrogen (secondary N) is 2.